The highest BCUT2D eigenvalue weighted by molar-refractivity contribution is 4.88. The van der Waals surface area contributed by atoms with Crippen LogP contribution in [-0.2, 0) is 24.4 Å². The molecule has 0 fully saturated rings. The first-order valence-electron chi connectivity index (χ1n) is 4.92. The van der Waals surface area contributed by atoms with Crippen molar-refractivity contribution >= 4 is 0 Å². The lowest BCUT2D eigenvalue weighted by Gasteiger charge is -2.11. The average molecular weight is 197 g/mol. The number of hydrogen-bond donors (Lipinski definition) is 0. The van der Waals surface area contributed by atoms with Crippen molar-refractivity contribution < 1.29 is 4.74 Å². The van der Waals surface area contributed by atoms with Crippen LogP contribution in [-0.4, -0.2) is 21.0 Å². The summed E-state index contributed by atoms with van der Waals surface area (Å²) in [5.74, 6) is 1.19. The summed E-state index contributed by atoms with van der Waals surface area (Å²) in [6, 6.07) is 0. The Balaban J connectivity index is 2.34. The van der Waals surface area contributed by atoms with Gasteiger partial charge in [-0.15, -0.1) is 0 Å². The third-order valence-electron chi connectivity index (χ3n) is 2.23. The van der Waals surface area contributed by atoms with Gasteiger partial charge >= 0.3 is 5.69 Å². The molecule has 1 aliphatic heterocycles. The third-order valence-corrected chi connectivity index (χ3v) is 2.23. The van der Waals surface area contributed by atoms with E-state index in [0.717, 1.165) is 5.82 Å². The van der Waals surface area contributed by atoms with Crippen LogP contribution in [0, 0.1) is 5.92 Å². The summed E-state index contributed by atoms with van der Waals surface area (Å²) in [6.07, 6.45) is 0. The molecule has 0 N–H and O–H groups in total. The number of aromatic nitrogens is 3. The van der Waals surface area contributed by atoms with E-state index in [9.17, 15) is 4.79 Å². The maximum atomic E-state index is 11.8. The molecule has 1 aliphatic rings. The van der Waals surface area contributed by atoms with Crippen LogP contribution in [0.3, 0.4) is 0 Å². The van der Waals surface area contributed by atoms with Gasteiger partial charge in [0.05, 0.1) is 13.2 Å². The molecule has 1 aromatic rings. The van der Waals surface area contributed by atoms with Gasteiger partial charge in [-0.3, -0.25) is 4.57 Å². The maximum Gasteiger partial charge on any atom is 0.346 e. The van der Waals surface area contributed by atoms with Gasteiger partial charge in [-0.2, -0.15) is 5.10 Å². The van der Waals surface area contributed by atoms with E-state index in [1.807, 2.05) is 0 Å². The lowest BCUT2D eigenvalue weighted by Crippen LogP contribution is -2.29. The lowest BCUT2D eigenvalue weighted by molar-refractivity contribution is 0.0805. The van der Waals surface area contributed by atoms with Crippen LogP contribution < -0.4 is 5.69 Å². The fourth-order valence-electron chi connectivity index (χ4n) is 1.60. The third kappa shape index (κ3) is 1.59. The Morgan fingerprint density at radius 2 is 2.36 bits per heavy atom. The van der Waals surface area contributed by atoms with Crippen LogP contribution in [0.4, 0.5) is 0 Å². The summed E-state index contributed by atoms with van der Waals surface area (Å²) in [7, 11) is 0. The Kier molecular flexibility index (Phi) is 2.41. The van der Waals surface area contributed by atoms with E-state index in [-0.39, 0.29) is 5.69 Å². The number of rotatable bonds is 2. The van der Waals surface area contributed by atoms with Crippen molar-refractivity contribution in [3.63, 3.8) is 0 Å². The van der Waals surface area contributed by atoms with Crippen LogP contribution in [0.15, 0.2) is 4.79 Å². The largest absolute Gasteiger partial charge is 0.372 e. The van der Waals surface area contributed by atoms with Gasteiger partial charge in [-0.05, 0) is 5.92 Å². The van der Waals surface area contributed by atoms with Gasteiger partial charge in [0.15, 0.2) is 5.82 Å². The molecule has 0 spiro atoms. The van der Waals surface area contributed by atoms with Crippen molar-refractivity contribution in [3.05, 3.63) is 16.3 Å². The predicted molar refractivity (Wildman–Crippen MR) is 51.0 cm³/mol. The second-order valence-electron chi connectivity index (χ2n) is 3.98. The molecule has 78 valence electrons. The number of hydrogen-bond acceptors (Lipinski definition) is 3. The quantitative estimate of drug-likeness (QED) is 0.682. The maximum absolute atomic E-state index is 11.8. The van der Waals surface area contributed by atoms with Crippen molar-refractivity contribution in [2.45, 2.75) is 33.5 Å². The van der Waals surface area contributed by atoms with Crippen LogP contribution in [0.25, 0.3) is 0 Å². The lowest BCUT2D eigenvalue weighted by atomic mass is 10.2. The summed E-state index contributed by atoms with van der Waals surface area (Å²) < 4.78 is 8.47. The molecule has 0 amide bonds. The zero-order chi connectivity index (χ0) is 10.1. The van der Waals surface area contributed by atoms with Gasteiger partial charge in [0.2, 0.25) is 0 Å². The van der Waals surface area contributed by atoms with Crippen molar-refractivity contribution in [3.8, 4) is 0 Å². The molecule has 0 bridgehead atoms. The molecule has 5 nitrogen and oxygen atoms in total. The Morgan fingerprint density at radius 3 is 3.00 bits per heavy atom. The second kappa shape index (κ2) is 3.57. The van der Waals surface area contributed by atoms with Gasteiger partial charge in [0.25, 0.3) is 0 Å². The van der Waals surface area contributed by atoms with Crippen LogP contribution >= 0.6 is 0 Å². The van der Waals surface area contributed by atoms with Crippen LogP contribution in [0.1, 0.15) is 19.7 Å². The summed E-state index contributed by atoms with van der Waals surface area (Å²) in [4.78, 5) is 11.8. The minimum absolute atomic E-state index is 0.00278. The van der Waals surface area contributed by atoms with Gasteiger partial charge in [-0.1, -0.05) is 13.8 Å². The summed E-state index contributed by atoms with van der Waals surface area (Å²) >= 11 is 0. The number of fused-ring (bicyclic) bond motifs is 1. The van der Waals surface area contributed by atoms with E-state index in [1.54, 1.807) is 4.57 Å². The van der Waals surface area contributed by atoms with E-state index < -0.39 is 0 Å². The number of nitrogens with zero attached hydrogens (tertiary/aromatic N) is 3. The SMILES string of the molecule is CC(C)Cn1nc2n(c1=O)CCOC2. The normalized spacial score (nSPS) is 15.9. The molecule has 0 saturated heterocycles. The summed E-state index contributed by atoms with van der Waals surface area (Å²) in [5.41, 5.74) is -0.00278. The average Bonchev–Trinajstić information content (AvgIpc) is 2.44. The van der Waals surface area contributed by atoms with Crippen molar-refractivity contribution in [2.24, 2.45) is 5.92 Å². The van der Waals surface area contributed by atoms with Crippen molar-refractivity contribution in [1.82, 2.24) is 14.3 Å². The highest BCUT2D eigenvalue weighted by atomic mass is 16.5. The Hall–Kier alpha value is -1.10. The van der Waals surface area contributed by atoms with E-state index in [2.05, 4.69) is 18.9 Å². The van der Waals surface area contributed by atoms with Gasteiger partial charge in [0, 0.05) is 6.54 Å². The molecule has 0 aliphatic carbocycles. The Labute approximate surface area is 82.3 Å². The molecule has 0 aromatic carbocycles. The zero-order valence-electron chi connectivity index (χ0n) is 8.56. The molecule has 0 unspecified atom stereocenters. The highest BCUT2D eigenvalue weighted by Gasteiger charge is 2.16. The first kappa shape index (κ1) is 9.45. The molecule has 0 atom stereocenters. The Morgan fingerprint density at radius 1 is 1.57 bits per heavy atom. The van der Waals surface area contributed by atoms with Crippen molar-refractivity contribution in [2.75, 3.05) is 6.61 Å². The molecule has 2 rings (SSSR count). The fraction of sp³-hybridized carbons (Fsp3) is 0.778. The van der Waals surface area contributed by atoms with E-state index >= 15 is 0 Å². The van der Waals surface area contributed by atoms with E-state index in [0.29, 0.717) is 32.2 Å². The molecule has 0 radical (unpaired) electrons. The molecular formula is C9H15N3O2. The highest BCUT2D eigenvalue weighted by Crippen LogP contribution is 2.03. The molecule has 5 heteroatoms. The minimum atomic E-state index is -0.00278. The van der Waals surface area contributed by atoms with Crippen molar-refractivity contribution in [1.29, 1.82) is 0 Å². The standard InChI is InChI=1S/C9H15N3O2/c1-7(2)5-12-9(13)11-3-4-14-6-8(11)10-12/h7H,3-6H2,1-2H3. The van der Waals surface area contributed by atoms with Crippen LogP contribution in [0.2, 0.25) is 0 Å². The van der Waals surface area contributed by atoms with Gasteiger partial charge in [0.1, 0.15) is 6.61 Å². The summed E-state index contributed by atoms with van der Waals surface area (Å²) in [5, 5.41) is 4.23. The van der Waals surface area contributed by atoms with E-state index in [1.165, 1.54) is 4.68 Å². The first-order chi connectivity index (χ1) is 6.68. The van der Waals surface area contributed by atoms with Crippen LogP contribution in [0.5, 0.6) is 0 Å². The summed E-state index contributed by atoms with van der Waals surface area (Å²) in [6.45, 7) is 6.52. The molecule has 1 aromatic heterocycles. The minimum Gasteiger partial charge on any atom is -0.372 e. The molecule has 0 saturated carbocycles. The van der Waals surface area contributed by atoms with E-state index in [4.69, 9.17) is 4.74 Å². The fourth-order valence-corrected chi connectivity index (χ4v) is 1.60. The first-order valence-corrected chi connectivity index (χ1v) is 4.92. The second-order valence-corrected chi connectivity index (χ2v) is 3.98. The zero-order valence-corrected chi connectivity index (χ0v) is 8.56. The number of ether oxygens (including phenoxy) is 1. The monoisotopic (exact) mass is 197 g/mol. The Bertz CT molecular complexity index is 378. The smallest absolute Gasteiger partial charge is 0.346 e. The molecule has 14 heavy (non-hydrogen) atoms. The van der Waals surface area contributed by atoms with Gasteiger partial charge < -0.3 is 4.74 Å². The molecule has 2 heterocycles. The topological polar surface area (TPSA) is 49.0 Å². The molecular weight excluding hydrogens is 182 g/mol. The predicted octanol–water partition coefficient (Wildman–Crippen LogP) is 0.231. The van der Waals surface area contributed by atoms with Gasteiger partial charge in [-0.25, -0.2) is 9.48 Å².